The largest absolute Gasteiger partial charge is 0.481 e. The van der Waals surface area contributed by atoms with Gasteiger partial charge in [0, 0.05) is 39.7 Å². The zero-order chi connectivity index (χ0) is 15.1. The van der Waals surface area contributed by atoms with Crippen LogP contribution in [0.25, 0.3) is 0 Å². The van der Waals surface area contributed by atoms with Crippen LogP contribution in [0, 0.1) is 0 Å². The Hall–Kier alpha value is -1.83. The molecule has 0 aromatic carbocycles. The topological polar surface area (TPSA) is 108 Å². The van der Waals surface area contributed by atoms with Crippen molar-refractivity contribution in [3.05, 3.63) is 0 Å². The van der Waals surface area contributed by atoms with Crippen molar-refractivity contribution in [2.75, 3.05) is 26.7 Å². The zero-order valence-corrected chi connectivity index (χ0v) is 11.7. The van der Waals surface area contributed by atoms with Gasteiger partial charge in [-0.3, -0.25) is 9.59 Å². The van der Waals surface area contributed by atoms with E-state index in [0.29, 0.717) is 13.1 Å². The van der Waals surface area contributed by atoms with Gasteiger partial charge in [-0.2, -0.15) is 0 Å². The molecule has 3 amide bonds. The first-order chi connectivity index (χ1) is 9.42. The van der Waals surface area contributed by atoms with Crippen molar-refractivity contribution in [3.8, 4) is 0 Å². The number of ether oxygens (including phenoxy) is 1. The number of rotatable bonds is 6. The molecule has 1 heterocycles. The summed E-state index contributed by atoms with van der Waals surface area (Å²) in [5.74, 6) is -1.09. The van der Waals surface area contributed by atoms with E-state index in [9.17, 15) is 14.4 Å². The van der Waals surface area contributed by atoms with Gasteiger partial charge in [-0.15, -0.1) is 0 Å². The summed E-state index contributed by atoms with van der Waals surface area (Å²) in [6, 6.07) is -0.291. The molecule has 8 nitrogen and oxygen atoms in total. The Labute approximate surface area is 117 Å². The molecular formula is C12H21N3O5. The van der Waals surface area contributed by atoms with Crippen molar-refractivity contribution in [3.63, 3.8) is 0 Å². The second kappa shape index (κ2) is 7.68. The number of likely N-dealkylation sites (tertiary alicyclic amines) is 1. The third kappa shape index (κ3) is 5.43. The normalized spacial score (nSPS) is 19.5. The summed E-state index contributed by atoms with van der Waals surface area (Å²) in [5.41, 5.74) is 0. The summed E-state index contributed by atoms with van der Waals surface area (Å²) < 4.78 is 4.98. The van der Waals surface area contributed by atoms with Crippen molar-refractivity contribution in [1.29, 1.82) is 0 Å². The highest BCUT2D eigenvalue weighted by atomic mass is 16.5. The minimum Gasteiger partial charge on any atom is -0.481 e. The van der Waals surface area contributed by atoms with Crippen LogP contribution in [0.5, 0.6) is 0 Å². The van der Waals surface area contributed by atoms with E-state index in [1.165, 1.54) is 14.0 Å². The van der Waals surface area contributed by atoms with Crippen LogP contribution in [0.3, 0.4) is 0 Å². The van der Waals surface area contributed by atoms with Crippen LogP contribution in [0.2, 0.25) is 0 Å². The van der Waals surface area contributed by atoms with Crippen molar-refractivity contribution in [1.82, 2.24) is 15.5 Å². The zero-order valence-electron chi connectivity index (χ0n) is 11.7. The molecule has 2 atom stereocenters. The summed E-state index contributed by atoms with van der Waals surface area (Å²) in [5, 5.41) is 14.1. The summed E-state index contributed by atoms with van der Waals surface area (Å²) in [6.07, 6.45) is 0.00593. The molecule has 0 radical (unpaired) electrons. The maximum absolute atomic E-state index is 11.9. The van der Waals surface area contributed by atoms with Crippen LogP contribution >= 0.6 is 0 Å². The molecule has 0 bridgehead atoms. The third-order valence-corrected chi connectivity index (χ3v) is 3.10. The summed E-state index contributed by atoms with van der Waals surface area (Å²) in [6.45, 7) is 2.61. The highest BCUT2D eigenvalue weighted by molar-refractivity contribution is 5.76. The van der Waals surface area contributed by atoms with Crippen molar-refractivity contribution in [2.45, 2.75) is 31.9 Å². The van der Waals surface area contributed by atoms with Crippen molar-refractivity contribution in [2.24, 2.45) is 0 Å². The molecule has 2 unspecified atom stereocenters. The van der Waals surface area contributed by atoms with Crippen LogP contribution < -0.4 is 10.6 Å². The predicted molar refractivity (Wildman–Crippen MR) is 70.2 cm³/mol. The van der Waals surface area contributed by atoms with E-state index in [4.69, 9.17) is 9.84 Å². The number of nitrogens with zero attached hydrogens (tertiary/aromatic N) is 1. The lowest BCUT2D eigenvalue weighted by Gasteiger charge is -2.20. The fraction of sp³-hybridized carbons (Fsp3) is 0.750. The third-order valence-electron chi connectivity index (χ3n) is 3.10. The monoisotopic (exact) mass is 287 g/mol. The number of carbonyl (C=O) groups excluding carboxylic acids is 2. The van der Waals surface area contributed by atoms with Gasteiger partial charge < -0.3 is 25.4 Å². The number of hydrogen-bond donors (Lipinski definition) is 3. The molecule has 3 N–H and O–H groups in total. The number of carboxylic acids is 1. The standard InChI is InChI=1S/C12H21N3O5/c1-8(16)14-9-3-4-15(7-9)12(19)13-6-10(20-2)5-11(17)18/h9-10H,3-7H2,1-2H3,(H,13,19)(H,14,16)(H,17,18). The number of nitrogens with one attached hydrogen (secondary N) is 2. The van der Waals surface area contributed by atoms with Crippen LogP contribution in [0.1, 0.15) is 19.8 Å². The number of carbonyl (C=O) groups is 3. The van der Waals surface area contributed by atoms with Crippen molar-refractivity contribution >= 4 is 17.9 Å². The van der Waals surface area contributed by atoms with Gasteiger partial charge >= 0.3 is 12.0 Å². The Morgan fingerprint density at radius 2 is 2.15 bits per heavy atom. The van der Waals surface area contributed by atoms with Gasteiger partial charge in [-0.1, -0.05) is 0 Å². The van der Waals surface area contributed by atoms with E-state index in [0.717, 1.165) is 6.42 Å². The molecule has 0 aromatic heterocycles. The second-order valence-electron chi connectivity index (χ2n) is 4.77. The lowest BCUT2D eigenvalue weighted by Crippen LogP contribution is -2.44. The second-order valence-corrected chi connectivity index (χ2v) is 4.77. The summed E-state index contributed by atoms with van der Waals surface area (Å²) in [7, 11) is 1.41. The number of hydrogen-bond acceptors (Lipinski definition) is 4. The molecule has 1 rings (SSSR count). The number of aliphatic carboxylic acids is 1. The van der Waals surface area contributed by atoms with Crippen molar-refractivity contribution < 1.29 is 24.2 Å². The molecule has 1 aliphatic rings. The van der Waals surface area contributed by atoms with Gasteiger partial charge in [0.05, 0.1) is 12.5 Å². The lowest BCUT2D eigenvalue weighted by molar-refractivity contribution is -0.139. The highest BCUT2D eigenvalue weighted by Gasteiger charge is 2.27. The Morgan fingerprint density at radius 1 is 1.45 bits per heavy atom. The first-order valence-electron chi connectivity index (χ1n) is 6.46. The smallest absolute Gasteiger partial charge is 0.317 e. The molecule has 20 heavy (non-hydrogen) atoms. The van der Waals surface area contributed by atoms with Crippen LogP contribution in [-0.4, -0.2) is 66.8 Å². The van der Waals surface area contributed by atoms with Gasteiger partial charge in [0.1, 0.15) is 0 Å². The lowest BCUT2D eigenvalue weighted by atomic mass is 10.2. The van der Waals surface area contributed by atoms with Gasteiger partial charge in [-0.05, 0) is 6.42 Å². The number of methoxy groups -OCH3 is 1. The Morgan fingerprint density at radius 3 is 2.70 bits per heavy atom. The quantitative estimate of drug-likeness (QED) is 0.604. The Balaban J connectivity index is 2.32. The van der Waals surface area contributed by atoms with Gasteiger partial charge in [0.2, 0.25) is 5.91 Å². The number of urea groups is 1. The summed E-state index contributed by atoms with van der Waals surface area (Å²) >= 11 is 0. The van der Waals surface area contributed by atoms with E-state index in [2.05, 4.69) is 10.6 Å². The summed E-state index contributed by atoms with van der Waals surface area (Å²) in [4.78, 5) is 35.0. The van der Waals surface area contributed by atoms with Crippen LogP contribution in [0.15, 0.2) is 0 Å². The molecule has 1 fully saturated rings. The average molecular weight is 287 g/mol. The molecule has 8 heteroatoms. The van der Waals surface area contributed by atoms with Crippen LogP contribution in [-0.2, 0) is 14.3 Å². The molecule has 0 aromatic rings. The fourth-order valence-electron chi connectivity index (χ4n) is 2.10. The number of carboxylic acid groups (broad SMARTS) is 1. The van der Waals surface area contributed by atoms with E-state index >= 15 is 0 Å². The Bertz CT molecular complexity index is 374. The van der Waals surface area contributed by atoms with Crippen LogP contribution in [0.4, 0.5) is 4.79 Å². The minimum atomic E-state index is -0.974. The van der Waals surface area contributed by atoms with Gasteiger partial charge in [0.15, 0.2) is 0 Å². The van der Waals surface area contributed by atoms with E-state index in [1.807, 2.05) is 0 Å². The molecule has 0 saturated carbocycles. The van der Waals surface area contributed by atoms with E-state index in [-0.39, 0.29) is 30.9 Å². The Kier molecular flexibility index (Phi) is 6.23. The molecule has 1 aliphatic heterocycles. The molecule has 0 aliphatic carbocycles. The first kappa shape index (κ1) is 16.2. The van der Waals surface area contributed by atoms with Gasteiger partial charge in [0.25, 0.3) is 0 Å². The average Bonchev–Trinajstić information content (AvgIpc) is 2.81. The first-order valence-corrected chi connectivity index (χ1v) is 6.46. The fourth-order valence-corrected chi connectivity index (χ4v) is 2.10. The molecule has 0 spiro atoms. The molecule has 114 valence electrons. The highest BCUT2D eigenvalue weighted by Crippen LogP contribution is 2.09. The number of amides is 3. The van der Waals surface area contributed by atoms with Gasteiger partial charge in [-0.25, -0.2) is 4.79 Å². The maximum atomic E-state index is 11.9. The molecule has 1 saturated heterocycles. The minimum absolute atomic E-state index is 0.0181. The van der Waals surface area contributed by atoms with E-state index in [1.54, 1.807) is 4.90 Å². The van der Waals surface area contributed by atoms with E-state index < -0.39 is 12.1 Å². The SMILES string of the molecule is COC(CNC(=O)N1CCC(NC(C)=O)C1)CC(=O)O. The molecular weight excluding hydrogens is 266 g/mol. The predicted octanol–water partition coefficient (Wildman–Crippen LogP) is -0.604. The maximum Gasteiger partial charge on any atom is 0.317 e.